The van der Waals surface area contributed by atoms with E-state index < -0.39 is 5.97 Å². The molecule has 4 rings (SSSR count). The standard InChI is InChI=1S/C27H20Br2N2O4/c1-2-34-24-14-17(16-30-31-26(32)19-9-5-10-20(28)15-19)13-23(29)25(24)35-27(33)22-12-6-8-18-7-3-4-11-21(18)22/h3-16H,2H2,1H3,(H,31,32)/b30-16-. The largest absolute Gasteiger partial charge is 0.490 e. The van der Waals surface area contributed by atoms with E-state index in [1.54, 1.807) is 36.4 Å². The Bertz CT molecular complexity index is 1430. The second kappa shape index (κ2) is 11.3. The van der Waals surface area contributed by atoms with Crippen molar-refractivity contribution in [1.82, 2.24) is 5.43 Å². The first-order chi connectivity index (χ1) is 17.0. The zero-order valence-corrected chi connectivity index (χ0v) is 21.8. The van der Waals surface area contributed by atoms with E-state index in [4.69, 9.17) is 9.47 Å². The van der Waals surface area contributed by atoms with Crippen molar-refractivity contribution in [1.29, 1.82) is 0 Å². The lowest BCUT2D eigenvalue weighted by atomic mass is 10.0. The number of hydrogen-bond acceptors (Lipinski definition) is 5. The van der Waals surface area contributed by atoms with E-state index in [-0.39, 0.29) is 11.7 Å². The molecule has 6 nitrogen and oxygen atoms in total. The summed E-state index contributed by atoms with van der Waals surface area (Å²) in [4.78, 5) is 25.3. The van der Waals surface area contributed by atoms with Crippen LogP contribution >= 0.6 is 31.9 Å². The number of ether oxygens (including phenoxy) is 2. The van der Waals surface area contributed by atoms with Crippen molar-refractivity contribution in [3.8, 4) is 11.5 Å². The first-order valence-corrected chi connectivity index (χ1v) is 12.3. The average Bonchev–Trinajstić information content (AvgIpc) is 2.85. The fraction of sp³-hybridized carbons (Fsp3) is 0.0741. The molecule has 0 aliphatic rings. The van der Waals surface area contributed by atoms with Crippen LogP contribution in [0.25, 0.3) is 10.8 Å². The summed E-state index contributed by atoms with van der Waals surface area (Å²) in [5.41, 5.74) is 4.07. The number of nitrogens with one attached hydrogen (secondary N) is 1. The number of nitrogens with zero attached hydrogens (tertiary/aromatic N) is 1. The van der Waals surface area contributed by atoms with E-state index in [0.29, 0.717) is 33.5 Å². The van der Waals surface area contributed by atoms with Crippen LogP contribution in [0, 0.1) is 0 Å². The molecule has 0 aromatic heterocycles. The van der Waals surface area contributed by atoms with Gasteiger partial charge < -0.3 is 9.47 Å². The van der Waals surface area contributed by atoms with Crippen molar-refractivity contribution in [3.63, 3.8) is 0 Å². The van der Waals surface area contributed by atoms with Crippen LogP contribution in [0.3, 0.4) is 0 Å². The molecule has 0 bridgehead atoms. The Balaban J connectivity index is 1.55. The zero-order chi connectivity index (χ0) is 24.8. The van der Waals surface area contributed by atoms with Crippen molar-refractivity contribution in [2.45, 2.75) is 6.92 Å². The molecule has 0 saturated heterocycles. The molecule has 35 heavy (non-hydrogen) atoms. The topological polar surface area (TPSA) is 77.0 Å². The number of amides is 1. The van der Waals surface area contributed by atoms with Gasteiger partial charge in [-0.05, 0) is 75.6 Å². The monoisotopic (exact) mass is 594 g/mol. The van der Waals surface area contributed by atoms with Gasteiger partial charge in [0.2, 0.25) is 0 Å². The van der Waals surface area contributed by atoms with E-state index in [1.807, 2.05) is 49.4 Å². The van der Waals surface area contributed by atoms with Crippen molar-refractivity contribution in [2.24, 2.45) is 5.10 Å². The van der Waals surface area contributed by atoms with Gasteiger partial charge in [-0.2, -0.15) is 5.10 Å². The Morgan fingerprint density at radius 2 is 1.74 bits per heavy atom. The minimum Gasteiger partial charge on any atom is -0.490 e. The van der Waals surface area contributed by atoms with Crippen LogP contribution in [0.15, 0.2) is 92.9 Å². The number of carbonyl (C=O) groups excluding carboxylic acids is 2. The highest BCUT2D eigenvalue weighted by molar-refractivity contribution is 9.10. The van der Waals surface area contributed by atoms with Crippen LogP contribution in [0.4, 0.5) is 0 Å². The third kappa shape index (κ3) is 5.96. The van der Waals surface area contributed by atoms with Gasteiger partial charge in [-0.15, -0.1) is 0 Å². The van der Waals surface area contributed by atoms with Gasteiger partial charge in [0.25, 0.3) is 5.91 Å². The quantitative estimate of drug-likeness (QED) is 0.111. The molecule has 0 fully saturated rings. The van der Waals surface area contributed by atoms with Crippen molar-refractivity contribution in [2.75, 3.05) is 6.61 Å². The van der Waals surface area contributed by atoms with Crippen LogP contribution < -0.4 is 14.9 Å². The van der Waals surface area contributed by atoms with E-state index in [1.165, 1.54) is 6.21 Å². The van der Waals surface area contributed by atoms with E-state index in [2.05, 4.69) is 42.4 Å². The summed E-state index contributed by atoms with van der Waals surface area (Å²) in [6.07, 6.45) is 1.49. The normalized spacial score (nSPS) is 10.9. The first-order valence-electron chi connectivity index (χ1n) is 10.7. The highest BCUT2D eigenvalue weighted by Gasteiger charge is 2.19. The lowest BCUT2D eigenvalue weighted by Gasteiger charge is -2.14. The molecular formula is C27H20Br2N2O4. The molecule has 0 saturated carbocycles. The average molecular weight is 596 g/mol. The summed E-state index contributed by atoms with van der Waals surface area (Å²) in [5.74, 6) is -0.200. The molecule has 4 aromatic carbocycles. The molecule has 176 valence electrons. The molecule has 0 aliphatic heterocycles. The molecule has 1 amide bonds. The zero-order valence-electron chi connectivity index (χ0n) is 18.6. The maximum absolute atomic E-state index is 13.1. The van der Waals surface area contributed by atoms with Crippen LogP contribution in [0.1, 0.15) is 33.2 Å². The van der Waals surface area contributed by atoms with Gasteiger partial charge in [0.15, 0.2) is 11.5 Å². The van der Waals surface area contributed by atoms with Gasteiger partial charge in [0, 0.05) is 10.0 Å². The fourth-order valence-electron chi connectivity index (χ4n) is 3.44. The lowest BCUT2D eigenvalue weighted by molar-refractivity contribution is 0.0729. The Kier molecular flexibility index (Phi) is 7.94. The van der Waals surface area contributed by atoms with Gasteiger partial charge in [-0.25, -0.2) is 10.2 Å². The highest BCUT2D eigenvalue weighted by atomic mass is 79.9. The SMILES string of the molecule is CCOc1cc(/C=N\NC(=O)c2cccc(Br)c2)cc(Br)c1OC(=O)c1cccc2ccccc12. The van der Waals surface area contributed by atoms with Crippen LogP contribution in [-0.4, -0.2) is 24.7 Å². The molecule has 0 atom stereocenters. The number of hydrazone groups is 1. The van der Waals surface area contributed by atoms with E-state index in [0.717, 1.165) is 15.2 Å². The van der Waals surface area contributed by atoms with Crippen LogP contribution in [0.2, 0.25) is 0 Å². The maximum Gasteiger partial charge on any atom is 0.344 e. The smallest absolute Gasteiger partial charge is 0.344 e. The molecular weight excluding hydrogens is 576 g/mol. The molecule has 1 N–H and O–H groups in total. The summed E-state index contributed by atoms with van der Waals surface area (Å²) >= 11 is 6.82. The first kappa shape index (κ1) is 24.6. The van der Waals surface area contributed by atoms with Gasteiger partial charge in [-0.3, -0.25) is 4.79 Å². The Labute approximate surface area is 219 Å². The summed E-state index contributed by atoms with van der Waals surface area (Å²) < 4.78 is 12.8. The number of esters is 1. The van der Waals surface area contributed by atoms with Gasteiger partial charge in [0.1, 0.15) is 0 Å². The number of carbonyl (C=O) groups is 2. The molecule has 4 aromatic rings. The Morgan fingerprint density at radius 3 is 2.54 bits per heavy atom. The van der Waals surface area contributed by atoms with Crippen LogP contribution in [-0.2, 0) is 0 Å². The minimum atomic E-state index is -0.494. The number of benzene rings is 4. The maximum atomic E-state index is 13.1. The van der Waals surface area contributed by atoms with E-state index >= 15 is 0 Å². The molecule has 0 heterocycles. The Morgan fingerprint density at radius 1 is 0.971 bits per heavy atom. The number of hydrogen-bond donors (Lipinski definition) is 1. The second-order valence-corrected chi connectivity index (χ2v) is 9.16. The van der Waals surface area contributed by atoms with Gasteiger partial charge in [0.05, 0.1) is 22.9 Å². The predicted molar refractivity (Wildman–Crippen MR) is 143 cm³/mol. The number of fused-ring (bicyclic) bond motifs is 1. The van der Waals surface area contributed by atoms with Crippen molar-refractivity contribution >= 4 is 60.7 Å². The second-order valence-electron chi connectivity index (χ2n) is 7.39. The lowest BCUT2D eigenvalue weighted by Crippen LogP contribution is -2.17. The summed E-state index contributed by atoms with van der Waals surface area (Å²) in [6.45, 7) is 2.20. The molecule has 0 unspecified atom stereocenters. The summed E-state index contributed by atoms with van der Waals surface area (Å²) in [7, 11) is 0. The molecule has 0 spiro atoms. The van der Waals surface area contributed by atoms with E-state index in [9.17, 15) is 9.59 Å². The van der Waals surface area contributed by atoms with Gasteiger partial charge in [-0.1, -0.05) is 58.4 Å². The van der Waals surface area contributed by atoms with Crippen molar-refractivity contribution in [3.05, 3.63) is 104 Å². The van der Waals surface area contributed by atoms with Crippen LogP contribution in [0.5, 0.6) is 11.5 Å². The third-order valence-electron chi connectivity index (χ3n) is 5.00. The van der Waals surface area contributed by atoms with Gasteiger partial charge >= 0.3 is 5.97 Å². The Hall–Kier alpha value is -3.49. The molecule has 0 radical (unpaired) electrons. The summed E-state index contributed by atoms with van der Waals surface area (Å²) in [5, 5.41) is 5.79. The summed E-state index contributed by atoms with van der Waals surface area (Å²) in [6, 6.07) is 23.5. The third-order valence-corrected chi connectivity index (χ3v) is 6.08. The predicted octanol–water partition coefficient (Wildman–Crippen LogP) is 6.75. The minimum absolute atomic E-state index is 0.264. The molecule has 0 aliphatic carbocycles. The van der Waals surface area contributed by atoms with Crippen molar-refractivity contribution < 1.29 is 19.1 Å². The highest BCUT2D eigenvalue weighted by Crippen LogP contribution is 2.37. The number of rotatable bonds is 7. The molecule has 8 heteroatoms. The fourth-order valence-corrected chi connectivity index (χ4v) is 4.38. The number of halogens is 2.